The van der Waals surface area contributed by atoms with Gasteiger partial charge in [-0.05, 0) is 72.2 Å². The number of rotatable bonds is 10. The zero-order valence-electron chi connectivity index (χ0n) is 23.1. The van der Waals surface area contributed by atoms with Crippen LogP contribution in [0, 0.1) is 6.92 Å². The summed E-state index contributed by atoms with van der Waals surface area (Å²) in [5.41, 5.74) is 4.49. The van der Waals surface area contributed by atoms with Crippen LogP contribution >= 0.6 is 0 Å². The largest absolute Gasteiger partial charge is 0.321 e. The lowest BCUT2D eigenvalue weighted by atomic mass is 9.98. The maximum atomic E-state index is 13.8. The number of nitrogens with one attached hydrogen (secondary N) is 1. The molecule has 5 rings (SSSR count). The topological polar surface area (TPSA) is 79.7 Å². The Labute approximate surface area is 229 Å². The molecule has 1 atom stereocenters. The lowest BCUT2D eigenvalue weighted by Crippen LogP contribution is -2.39. The lowest BCUT2D eigenvalue weighted by molar-refractivity contribution is 0.190. The third-order valence-electron chi connectivity index (χ3n) is 7.71. The van der Waals surface area contributed by atoms with Gasteiger partial charge in [-0.25, -0.2) is 4.68 Å². The lowest BCUT2D eigenvalue weighted by Gasteiger charge is -2.33. The molecule has 0 radical (unpaired) electrons. The molecule has 0 amide bonds. The van der Waals surface area contributed by atoms with Crippen molar-refractivity contribution >= 4 is 10.9 Å². The standard InChI is InChI=1S/C32H36N6O/c1-5-32(3,4)38-30(34-35-36-38)29(27-21-26-18-12-13-23(2)28(26)33-31(27)39)37(22-25-16-10-7-11-17-25)20-19-24-14-8-6-9-15-24/h6-18,21,29H,5,19-20,22H2,1-4H3,(H,33,39)/t29-/m0/s1. The van der Waals surface area contributed by atoms with E-state index in [1.807, 2.05) is 48.0 Å². The molecule has 0 spiro atoms. The van der Waals surface area contributed by atoms with Crippen LogP contribution in [0.25, 0.3) is 10.9 Å². The molecule has 200 valence electrons. The van der Waals surface area contributed by atoms with E-state index in [9.17, 15) is 4.79 Å². The Bertz CT molecular complexity index is 1590. The number of hydrogen-bond acceptors (Lipinski definition) is 5. The number of aromatic nitrogens is 5. The van der Waals surface area contributed by atoms with Gasteiger partial charge in [0.15, 0.2) is 5.82 Å². The molecule has 7 nitrogen and oxygen atoms in total. The third-order valence-corrected chi connectivity index (χ3v) is 7.71. The fourth-order valence-electron chi connectivity index (χ4n) is 5.08. The zero-order chi connectivity index (χ0) is 27.4. The van der Waals surface area contributed by atoms with Gasteiger partial charge in [-0.3, -0.25) is 9.69 Å². The molecule has 7 heteroatoms. The number of H-pyrrole nitrogens is 1. The van der Waals surface area contributed by atoms with Crippen LogP contribution < -0.4 is 5.56 Å². The predicted octanol–water partition coefficient (Wildman–Crippen LogP) is 5.80. The summed E-state index contributed by atoms with van der Waals surface area (Å²) < 4.78 is 1.90. The van der Waals surface area contributed by atoms with Crippen LogP contribution in [0.2, 0.25) is 0 Å². The van der Waals surface area contributed by atoms with Gasteiger partial charge >= 0.3 is 0 Å². The highest BCUT2D eigenvalue weighted by atomic mass is 16.1. The van der Waals surface area contributed by atoms with Crippen molar-refractivity contribution in [2.45, 2.75) is 58.7 Å². The number of nitrogens with zero attached hydrogens (tertiary/aromatic N) is 5. The molecular formula is C32H36N6O. The Kier molecular flexibility index (Phi) is 7.70. The summed E-state index contributed by atoms with van der Waals surface area (Å²) in [6.07, 6.45) is 1.67. The first-order chi connectivity index (χ1) is 18.9. The summed E-state index contributed by atoms with van der Waals surface area (Å²) in [5.74, 6) is 0.670. The van der Waals surface area contributed by atoms with Crippen molar-refractivity contribution in [1.29, 1.82) is 0 Å². The monoisotopic (exact) mass is 520 g/mol. The number of tetrazole rings is 1. The predicted molar refractivity (Wildman–Crippen MR) is 156 cm³/mol. The van der Waals surface area contributed by atoms with E-state index in [0.717, 1.165) is 34.9 Å². The summed E-state index contributed by atoms with van der Waals surface area (Å²) in [5, 5.41) is 14.1. The number of fused-ring (bicyclic) bond motifs is 1. The Balaban J connectivity index is 1.69. The summed E-state index contributed by atoms with van der Waals surface area (Å²) >= 11 is 0. The molecule has 2 aromatic heterocycles. The first kappa shape index (κ1) is 26.5. The van der Waals surface area contributed by atoms with Gasteiger partial charge in [0.25, 0.3) is 5.56 Å². The molecule has 0 bridgehead atoms. The van der Waals surface area contributed by atoms with Gasteiger partial charge in [0, 0.05) is 18.7 Å². The molecule has 0 saturated heterocycles. The Morgan fingerprint density at radius 3 is 2.33 bits per heavy atom. The van der Waals surface area contributed by atoms with E-state index in [0.29, 0.717) is 24.5 Å². The average molecular weight is 521 g/mol. The highest BCUT2D eigenvalue weighted by Gasteiger charge is 2.34. The van der Waals surface area contributed by atoms with Gasteiger partial charge in [-0.2, -0.15) is 0 Å². The first-order valence-corrected chi connectivity index (χ1v) is 13.6. The number of benzene rings is 3. The second-order valence-corrected chi connectivity index (χ2v) is 10.8. The average Bonchev–Trinajstić information content (AvgIpc) is 3.44. The van der Waals surface area contributed by atoms with E-state index in [1.165, 1.54) is 5.56 Å². The van der Waals surface area contributed by atoms with Crippen LogP contribution in [0.15, 0.2) is 89.7 Å². The van der Waals surface area contributed by atoms with Gasteiger partial charge in [0.1, 0.15) is 6.04 Å². The molecule has 0 aliphatic heterocycles. The van der Waals surface area contributed by atoms with E-state index in [4.69, 9.17) is 0 Å². The minimum atomic E-state index is -0.455. The molecule has 2 heterocycles. The summed E-state index contributed by atoms with van der Waals surface area (Å²) in [4.78, 5) is 19.3. The normalized spacial score (nSPS) is 12.7. The molecule has 5 aromatic rings. The van der Waals surface area contributed by atoms with Gasteiger partial charge in [0.2, 0.25) is 0 Å². The molecular weight excluding hydrogens is 484 g/mol. The molecule has 3 aromatic carbocycles. The third kappa shape index (κ3) is 5.68. The van der Waals surface area contributed by atoms with Crippen molar-refractivity contribution in [2.24, 2.45) is 0 Å². The van der Waals surface area contributed by atoms with E-state index < -0.39 is 6.04 Å². The fraction of sp³-hybridized carbons (Fsp3) is 0.312. The van der Waals surface area contributed by atoms with Crippen LogP contribution in [0.3, 0.4) is 0 Å². The second kappa shape index (κ2) is 11.3. The molecule has 1 N–H and O–H groups in total. The van der Waals surface area contributed by atoms with Gasteiger partial charge in [0.05, 0.1) is 11.1 Å². The molecule has 0 aliphatic carbocycles. The van der Waals surface area contributed by atoms with E-state index in [1.54, 1.807) is 0 Å². The van der Waals surface area contributed by atoms with E-state index in [-0.39, 0.29) is 11.1 Å². The molecule has 0 unspecified atom stereocenters. The van der Waals surface area contributed by atoms with Crippen molar-refractivity contribution in [2.75, 3.05) is 6.54 Å². The second-order valence-electron chi connectivity index (χ2n) is 10.8. The van der Waals surface area contributed by atoms with Crippen LogP contribution in [0.4, 0.5) is 0 Å². The molecule has 0 saturated carbocycles. The Morgan fingerprint density at radius 1 is 0.949 bits per heavy atom. The van der Waals surface area contributed by atoms with Crippen LogP contribution in [0.5, 0.6) is 0 Å². The van der Waals surface area contributed by atoms with Gasteiger partial charge in [-0.15, -0.1) is 5.10 Å². The number of pyridine rings is 1. The number of para-hydroxylation sites is 1. The maximum absolute atomic E-state index is 13.8. The van der Waals surface area contributed by atoms with E-state index in [2.05, 4.69) is 94.7 Å². The minimum absolute atomic E-state index is 0.122. The minimum Gasteiger partial charge on any atom is -0.321 e. The highest BCUT2D eigenvalue weighted by molar-refractivity contribution is 5.82. The van der Waals surface area contributed by atoms with Crippen LogP contribution in [0.1, 0.15) is 61.3 Å². The molecule has 39 heavy (non-hydrogen) atoms. The van der Waals surface area contributed by atoms with Crippen LogP contribution in [-0.4, -0.2) is 36.6 Å². The number of aryl methyl sites for hydroxylation is 1. The zero-order valence-corrected chi connectivity index (χ0v) is 23.1. The van der Waals surface area contributed by atoms with Crippen molar-refractivity contribution in [3.05, 3.63) is 123 Å². The number of hydrogen-bond donors (Lipinski definition) is 1. The van der Waals surface area contributed by atoms with Crippen molar-refractivity contribution in [1.82, 2.24) is 30.1 Å². The molecule has 0 aliphatic rings. The molecule has 0 fully saturated rings. The van der Waals surface area contributed by atoms with Crippen LogP contribution in [-0.2, 0) is 18.5 Å². The number of aromatic amines is 1. The smallest absolute Gasteiger partial charge is 0.253 e. The van der Waals surface area contributed by atoms with Crippen molar-refractivity contribution in [3.63, 3.8) is 0 Å². The Hall–Kier alpha value is -4.10. The quantitative estimate of drug-likeness (QED) is 0.252. The first-order valence-electron chi connectivity index (χ1n) is 13.6. The van der Waals surface area contributed by atoms with Crippen molar-refractivity contribution < 1.29 is 0 Å². The van der Waals surface area contributed by atoms with Gasteiger partial charge in [-0.1, -0.05) is 85.8 Å². The van der Waals surface area contributed by atoms with Gasteiger partial charge < -0.3 is 4.98 Å². The highest BCUT2D eigenvalue weighted by Crippen LogP contribution is 2.32. The summed E-state index contributed by atoms with van der Waals surface area (Å²) in [6.45, 7) is 9.76. The van der Waals surface area contributed by atoms with Crippen molar-refractivity contribution in [3.8, 4) is 0 Å². The summed E-state index contributed by atoms with van der Waals surface area (Å²) in [6, 6.07) is 28.5. The van der Waals surface area contributed by atoms with E-state index >= 15 is 0 Å². The fourth-order valence-corrected chi connectivity index (χ4v) is 5.08. The SMILES string of the molecule is CCC(C)(C)n1nnnc1[C@H](c1cc2cccc(C)c2[nH]c1=O)N(CCc1ccccc1)Cc1ccccc1. The Morgan fingerprint density at radius 2 is 1.64 bits per heavy atom. The maximum Gasteiger partial charge on any atom is 0.253 e. The summed E-state index contributed by atoms with van der Waals surface area (Å²) in [7, 11) is 0.